The van der Waals surface area contributed by atoms with Crippen molar-refractivity contribution in [3.63, 3.8) is 0 Å². The average molecular weight is 307 g/mol. The van der Waals surface area contributed by atoms with Crippen LogP contribution in [0.15, 0.2) is 11.4 Å². The van der Waals surface area contributed by atoms with E-state index in [9.17, 15) is 4.79 Å². The number of fused-ring (bicyclic) bond motifs is 1. The molecule has 1 aromatic rings. The van der Waals surface area contributed by atoms with Gasteiger partial charge in [-0.05, 0) is 55.8 Å². The fourth-order valence-corrected chi connectivity index (χ4v) is 4.41. The molecule has 0 radical (unpaired) electrons. The summed E-state index contributed by atoms with van der Waals surface area (Å²) in [4.78, 5) is 18.5. The maximum atomic E-state index is 12.6. The Morgan fingerprint density at radius 1 is 1.38 bits per heavy atom. The van der Waals surface area contributed by atoms with Gasteiger partial charge in [0.15, 0.2) is 0 Å². The summed E-state index contributed by atoms with van der Waals surface area (Å²) in [6, 6.07) is 2.67. The van der Waals surface area contributed by atoms with E-state index in [1.54, 1.807) is 0 Å². The van der Waals surface area contributed by atoms with Crippen LogP contribution in [-0.4, -0.2) is 47.9 Å². The van der Waals surface area contributed by atoms with Crippen LogP contribution in [0.5, 0.6) is 0 Å². The monoisotopic (exact) mass is 307 g/mol. The van der Waals surface area contributed by atoms with Gasteiger partial charge in [0, 0.05) is 24.0 Å². The second-order valence-corrected chi connectivity index (χ2v) is 7.13. The van der Waals surface area contributed by atoms with Crippen molar-refractivity contribution in [2.75, 3.05) is 26.2 Å². The predicted octanol–water partition coefficient (Wildman–Crippen LogP) is 1.84. The predicted molar refractivity (Wildman–Crippen MR) is 86.3 cm³/mol. The van der Waals surface area contributed by atoms with Crippen LogP contribution in [0.3, 0.4) is 0 Å². The van der Waals surface area contributed by atoms with Gasteiger partial charge >= 0.3 is 0 Å². The van der Waals surface area contributed by atoms with Gasteiger partial charge in [0.25, 0.3) is 0 Å². The lowest BCUT2D eigenvalue weighted by atomic mass is 9.99. The van der Waals surface area contributed by atoms with E-state index in [0.29, 0.717) is 12.6 Å². The summed E-state index contributed by atoms with van der Waals surface area (Å²) in [5.74, 6) is 0.288. The molecule has 0 aliphatic carbocycles. The molecule has 2 aliphatic rings. The summed E-state index contributed by atoms with van der Waals surface area (Å²) in [5, 5.41) is 2.14. The molecule has 1 amide bonds. The number of carbonyl (C=O) groups is 1. The Balaban J connectivity index is 1.58. The van der Waals surface area contributed by atoms with E-state index < -0.39 is 0 Å². The van der Waals surface area contributed by atoms with E-state index in [1.807, 2.05) is 16.2 Å². The number of nitrogens with two attached hydrogens (primary N) is 1. The highest BCUT2D eigenvalue weighted by Gasteiger charge is 2.27. The highest BCUT2D eigenvalue weighted by atomic mass is 32.1. The molecule has 0 aromatic carbocycles. The first-order valence-electron chi connectivity index (χ1n) is 8.05. The summed E-state index contributed by atoms with van der Waals surface area (Å²) in [6.45, 7) is 4.02. The molecule has 1 aromatic heterocycles. The third kappa shape index (κ3) is 3.47. The zero-order valence-corrected chi connectivity index (χ0v) is 13.4. The summed E-state index contributed by atoms with van der Waals surface area (Å²) >= 11 is 1.82. The second-order valence-electron chi connectivity index (χ2n) is 6.13. The molecule has 1 saturated heterocycles. The summed E-state index contributed by atoms with van der Waals surface area (Å²) in [7, 11) is 0. The lowest BCUT2D eigenvalue weighted by molar-refractivity contribution is -0.134. The van der Waals surface area contributed by atoms with Crippen molar-refractivity contribution in [2.24, 2.45) is 5.73 Å². The van der Waals surface area contributed by atoms with Crippen LogP contribution in [0.1, 0.15) is 36.1 Å². The van der Waals surface area contributed by atoms with Crippen molar-refractivity contribution in [3.05, 3.63) is 21.9 Å². The van der Waals surface area contributed by atoms with Gasteiger partial charge in [-0.1, -0.05) is 6.42 Å². The maximum Gasteiger partial charge on any atom is 0.237 e. The fraction of sp³-hybridized carbons (Fsp3) is 0.688. The number of carbonyl (C=O) groups excluding carboxylic acids is 1. The molecule has 1 atom stereocenters. The SMILES string of the molecule is NCCC1CCCCN1CC(=O)N1CCc2sccc2C1. The summed E-state index contributed by atoms with van der Waals surface area (Å²) in [6.07, 6.45) is 5.71. The minimum absolute atomic E-state index is 0.288. The van der Waals surface area contributed by atoms with Crippen molar-refractivity contribution in [1.29, 1.82) is 0 Å². The van der Waals surface area contributed by atoms with E-state index in [2.05, 4.69) is 16.3 Å². The van der Waals surface area contributed by atoms with Gasteiger partial charge in [-0.3, -0.25) is 9.69 Å². The minimum atomic E-state index is 0.288. The molecule has 0 spiro atoms. The maximum absolute atomic E-state index is 12.6. The van der Waals surface area contributed by atoms with Gasteiger partial charge in [0.1, 0.15) is 0 Å². The number of rotatable bonds is 4. The van der Waals surface area contributed by atoms with Crippen LogP contribution in [0.25, 0.3) is 0 Å². The van der Waals surface area contributed by atoms with Crippen LogP contribution in [0.2, 0.25) is 0 Å². The number of likely N-dealkylation sites (tertiary alicyclic amines) is 1. The number of amides is 1. The van der Waals surface area contributed by atoms with Crippen LogP contribution in [0, 0.1) is 0 Å². The van der Waals surface area contributed by atoms with Gasteiger partial charge < -0.3 is 10.6 Å². The largest absolute Gasteiger partial charge is 0.337 e. The lowest BCUT2D eigenvalue weighted by Gasteiger charge is -2.37. The van der Waals surface area contributed by atoms with E-state index in [1.165, 1.54) is 29.7 Å². The zero-order chi connectivity index (χ0) is 14.7. The molecule has 21 heavy (non-hydrogen) atoms. The second kappa shape index (κ2) is 6.90. The number of hydrogen-bond donors (Lipinski definition) is 1. The Morgan fingerprint density at radius 3 is 3.14 bits per heavy atom. The minimum Gasteiger partial charge on any atom is -0.337 e. The Labute approximate surface area is 130 Å². The van der Waals surface area contributed by atoms with E-state index in [4.69, 9.17) is 5.73 Å². The van der Waals surface area contributed by atoms with Gasteiger partial charge in [-0.15, -0.1) is 11.3 Å². The number of thiophene rings is 1. The first kappa shape index (κ1) is 15.0. The molecule has 0 bridgehead atoms. The molecule has 3 heterocycles. The number of piperidine rings is 1. The summed E-state index contributed by atoms with van der Waals surface area (Å²) < 4.78 is 0. The molecule has 116 valence electrons. The molecule has 2 N–H and O–H groups in total. The molecule has 0 saturated carbocycles. The van der Waals surface area contributed by atoms with Gasteiger partial charge in [-0.25, -0.2) is 0 Å². The highest BCUT2D eigenvalue weighted by molar-refractivity contribution is 7.10. The normalized spacial score (nSPS) is 23.1. The van der Waals surface area contributed by atoms with E-state index >= 15 is 0 Å². The van der Waals surface area contributed by atoms with Crippen LogP contribution < -0.4 is 5.73 Å². The lowest BCUT2D eigenvalue weighted by Crippen LogP contribution is -2.48. The van der Waals surface area contributed by atoms with E-state index in [0.717, 1.165) is 39.0 Å². The number of hydrogen-bond acceptors (Lipinski definition) is 4. The third-order valence-corrected chi connectivity index (χ3v) is 5.77. The number of nitrogens with zero attached hydrogens (tertiary/aromatic N) is 2. The molecular weight excluding hydrogens is 282 g/mol. The van der Waals surface area contributed by atoms with Crippen LogP contribution in [-0.2, 0) is 17.8 Å². The summed E-state index contributed by atoms with van der Waals surface area (Å²) in [5.41, 5.74) is 7.06. The fourth-order valence-electron chi connectivity index (χ4n) is 3.52. The van der Waals surface area contributed by atoms with Crippen LogP contribution in [0.4, 0.5) is 0 Å². The van der Waals surface area contributed by atoms with Crippen molar-refractivity contribution in [2.45, 2.75) is 44.7 Å². The van der Waals surface area contributed by atoms with Crippen molar-refractivity contribution >= 4 is 17.2 Å². The van der Waals surface area contributed by atoms with Gasteiger partial charge in [-0.2, -0.15) is 0 Å². The zero-order valence-electron chi connectivity index (χ0n) is 12.6. The van der Waals surface area contributed by atoms with Crippen molar-refractivity contribution in [3.8, 4) is 0 Å². The van der Waals surface area contributed by atoms with Gasteiger partial charge in [0.05, 0.1) is 6.54 Å². The molecule has 3 rings (SSSR count). The Kier molecular flexibility index (Phi) is 4.93. The first-order valence-corrected chi connectivity index (χ1v) is 8.93. The standard InChI is InChI=1S/C16H25N3OS/c17-7-4-14-3-1-2-8-18(14)12-16(20)19-9-5-15-13(11-19)6-10-21-15/h6,10,14H,1-5,7-9,11-12,17H2. The Hall–Kier alpha value is -0.910. The van der Waals surface area contributed by atoms with Crippen molar-refractivity contribution in [1.82, 2.24) is 9.80 Å². The van der Waals surface area contributed by atoms with Gasteiger partial charge in [0.2, 0.25) is 5.91 Å². The van der Waals surface area contributed by atoms with Crippen molar-refractivity contribution < 1.29 is 4.79 Å². The smallest absolute Gasteiger partial charge is 0.237 e. The molecule has 4 nitrogen and oxygen atoms in total. The van der Waals surface area contributed by atoms with Crippen LogP contribution >= 0.6 is 11.3 Å². The molecule has 2 aliphatic heterocycles. The Bertz CT molecular complexity index is 486. The average Bonchev–Trinajstić information content (AvgIpc) is 2.97. The highest BCUT2D eigenvalue weighted by Crippen LogP contribution is 2.25. The molecular formula is C16H25N3OS. The molecule has 1 fully saturated rings. The first-order chi connectivity index (χ1) is 10.3. The Morgan fingerprint density at radius 2 is 2.29 bits per heavy atom. The third-order valence-electron chi connectivity index (χ3n) is 4.75. The molecule has 1 unspecified atom stereocenters. The topological polar surface area (TPSA) is 49.6 Å². The quantitative estimate of drug-likeness (QED) is 0.923. The van der Waals surface area contributed by atoms with E-state index in [-0.39, 0.29) is 5.91 Å². The molecule has 5 heteroatoms.